The third-order valence-electron chi connectivity index (χ3n) is 2.18. The van der Waals surface area contributed by atoms with E-state index in [0.29, 0.717) is 0 Å². The van der Waals surface area contributed by atoms with E-state index in [1.54, 1.807) is 13.2 Å². The van der Waals surface area contributed by atoms with Crippen molar-refractivity contribution in [2.45, 2.75) is 26.1 Å². The van der Waals surface area contributed by atoms with Gasteiger partial charge in [-0.15, -0.1) is 0 Å². The summed E-state index contributed by atoms with van der Waals surface area (Å²) < 4.78 is 11.0. The molecule has 2 heteroatoms. The van der Waals surface area contributed by atoms with E-state index in [-0.39, 0.29) is 6.29 Å². The Balaban J connectivity index is 2.73. The van der Waals surface area contributed by atoms with Crippen molar-refractivity contribution in [2.24, 2.45) is 0 Å². The van der Waals surface area contributed by atoms with E-state index in [1.165, 1.54) is 0 Å². The van der Waals surface area contributed by atoms with Gasteiger partial charge in [0.05, 0.1) is 0 Å². The molecule has 0 N–H and O–H groups in total. The van der Waals surface area contributed by atoms with E-state index in [1.807, 2.05) is 24.3 Å². The molecule has 1 unspecified atom stereocenters. The van der Waals surface area contributed by atoms with Crippen molar-refractivity contribution in [3.8, 4) is 5.75 Å². The van der Waals surface area contributed by atoms with Gasteiger partial charge < -0.3 is 9.47 Å². The van der Waals surface area contributed by atoms with Crippen molar-refractivity contribution >= 4 is 6.08 Å². The molecule has 0 amide bonds. The third kappa shape index (κ3) is 3.40. The van der Waals surface area contributed by atoms with Crippen molar-refractivity contribution in [1.29, 1.82) is 0 Å². The molecule has 0 spiro atoms. The van der Waals surface area contributed by atoms with Crippen molar-refractivity contribution in [1.82, 2.24) is 0 Å². The zero-order valence-electron chi connectivity index (χ0n) is 9.40. The normalized spacial score (nSPS) is 12.1. The van der Waals surface area contributed by atoms with Gasteiger partial charge in [0.1, 0.15) is 5.75 Å². The quantitative estimate of drug-likeness (QED) is 0.663. The molecule has 0 fully saturated rings. The summed E-state index contributed by atoms with van der Waals surface area (Å²) in [7, 11) is 1.66. The zero-order chi connectivity index (χ0) is 11.1. The molecule has 0 radical (unpaired) electrons. The second kappa shape index (κ2) is 6.25. The summed E-state index contributed by atoms with van der Waals surface area (Å²) in [6.45, 7) is 5.86. The summed E-state index contributed by atoms with van der Waals surface area (Å²) >= 11 is 0. The van der Waals surface area contributed by atoms with Gasteiger partial charge in [0.2, 0.25) is 0 Å². The average molecular weight is 206 g/mol. The molecular formula is C13H18O2. The van der Waals surface area contributed by atoms with Crippen LogP contribution in [-0.2, 0) is 4.74 Å². The Kier molecular flexibility index (Phi) is 4.91. The second-order valence-electron chi connectivity index (χ2n) is 3.31. The molecule has 0 saturated heterocycles. The molecule has 0 aromatic heterocycles. The highest BCUT2D eigenvalue weighted by molar-refractivity contribution is 5.55. The van der Waals surface area contributed by atoms with Crippen molar-refractivity contribution < 1.29 is 9.47 Å². The lowest BCUT2D eigenvalue weighted by Crippen LogP contribution is -2.18. The largest absolute Gasteiger partial charge is 0.464 e. The monoisotopic (exact) mass is 206 g/mol. The maximum absolute atomic E-state index is 5.73. The molecule has 0 heterocycles. The van der Waals surface area contributed by atoms with Gasteiger partial charge in [-0.05, 0) is 6.07 Å². The lowest BCUT2D eigenvalue weighted by atomic mass is 10.2. The van der Waals surface area contributed by atoms with Crippen molar-refractivity contribution in [3.05, 3.63) is 36.4 Å². The van der Waals surface area contributed by atoms with E-state index in [4.69, 9.17) is 9.47 Å². The van der Waals surface area contributed by atoms with Gasteiger partial charge in [-0.1, -0.05) is 44.2 Å². The van der Waals surface area contributed by atoms with Crippen LogP contribution < -0.4 is 4.74 Å². The van der Waals surface area contributed by atoms with E-state index < -0.39 is 0 Å². The minimum atomic E-state index is -0.170. The number of ether oxygens (including phenoxy) is 2. The average Bonchev–Trinajstić information content (AvgIpc) is 2.29. The molecular weight excluding hydrogens is 188 g/mol. The van der Waals surface area contributed by atoms with Crippen LogP contribution >= 0.6 is 0 Å². The first-order valence-electron chi connectivity index (χ1n) is 5.22. The maximum atomic E-state index is 5.73. The highest BCUT2D eigenvalue weighted by atomic mass is 16.7. The smallest absolute Gasteiger partial charge is 0.199 e. The van der Waals surface area contributed by atoms with Crippen LogP contribution in [0.3, 0.4) is 0 Å². The molecule has 0 aliphatic heterocycles. The Bertz CT molecular complexity index is 307. The molecule has 82 valence electrons. The molecule has 0 bridgehead atoms. The molecule has 2 nitrogen and oxygen atoms in total. The number of para-hydroxylation sites is 1. The summed E-state index contributed by atoms with van der Waals surface area (Å²) in [5, 5.41) is 0. The van der Waals surface area contributed by atoms with E-state index in [9.17, 15) is 0 Å². The first-order valence-corrected chi connectivity index (χ1v) is 5.22. The minimum absolute atomic E-state index is 0.170. The fourth-order valence-electron chi connectivity index (χ4n) is 1.36. The minimum Gasteiger partial charge on any atom is -0.464 e. The Morgan fingerprint density at radius 1 is 1.40 bits per heavy atom. The first-order chi connectivity index (χ1) is 7.31. The van der Waals surface area contributed by atoms with Crippen LogP contribution in [0.5, 0.6) is 5.75 Å². The van der Waals surface area contributed by atoms with Gasteiger partial charge in [-0.2, -0.15) is 0 Å². The topological polar surface area (TPSA) is 18.5 Å². The van der Waals surface area contributed by atoms with Crippen LogP contribution in [0.2, 0.25) is 0 Å². The van der Waals surface area contributed by atoms with Crippen LogP contribution in [-0.4, -0.2) is 13.4 Å². The lowest BCUT2D eigenvalue weighted by molar-refractivity contribution is -0.0585. The molecule has 1 atom stereocenters. The first kappa shape index (κ1) is 11.8. The van der Waals surface area contributed by atoms with Gasteiger partial charge in [0.15, 0.2) is 6.29 Å². The molecule has 0 aliphatic rings. The lowest BCUT2D eigenvalue weighted by Gasteiger charge is -2.18. The second-order valence-corrected chi connectivity index (χ2v) is 3.31. The highest BCUT2D eigenvalue weighted by Gasteiger charge is 2.08. The molecule has 1 aromatic carbocycles. The number of benzene rings is 1. The van der Waals surface area contributed by atoms with Gasteiger partial charge >= 0.3 is 0 Å². The number of rotatable bonds is 6. The Morgan fingerprint density at radius 2 is 2.13 bits per heavy atom. The van der Waals surface area contributed by atoms with Crippen molar-refractivity contribution in [2.75, 3.05) is 7.11 Å². The van der Waals surface area contributed by atoms with E-state index in [0.717, 1.165) is 24.2 Å². The molecule has 0 aliphatic carbocycles. The van der Waals surface area contributed by atoms with Crippen LogP contribution in [0.15, 0.2) is 30.8 Å². The third-order valence-corrected chi connectivity index (χ3v) is 2.18. The van der Waals surface area contributed by atoms with Gasteiger partial charge in [-0.3, -0.25) is 0 Å². The van der Waals surface area contributed by atoms with Crippen LogP contribution in [0, 0.1) is 0 Å². The van der Waals surface area contributed by atoms with E-state index >= 15 is 0 Å². The Hall–Kier alpha value is -1.28. The summed E-state index contributed by atoms with van der Waals surface area (Å²) in [6.07, 6.45) is 3.54. The fourth-order valence-corrected chi connectivity index (χ4v) is 1.36. The van der Waals surface area contributed by atoms with Gasteiger partial charge in [-0.25, -0.2) is 0 Å². The standard InChI is InChI=1S/C13H18O2/c1-4-8-13(14-3)15-12-10-7-6-9-11(12)5-2/h5-7,9-10,13H,2,4,8H2,1,3H3. The number of hydrogen-bond acceptors (Lipinski definition) is 2. The summed E-state index contributed by atoms with van der Waals surface area (Å²) in [5.41, 5.74) is 0.996. The Labute approximate surface area is 91.5 Å². The summed E-state index contributed by atoms with van der Waals surface area (Å²) in [5.74, 6) is 0.827. The molecule has 15 heavy (non-hydrogen) atoms. The van der Waals surface area contributed by atoms with Crippen molar-refractivity contribution in [3.63, 3.8) is 0 Å². The van der Waals surface area contributed by atoms with Crippen LogP contribution in [0.1, 0.15) is 25.3 Å². The van der Waals surface area contributed by atoms with Crippen LogP contribution in [0.4, 0.5) is 0 Å². The van der Waals surface area contributed by atoms with Gasteiger partial charge in [0, 0.05) is 19.1 Å². The zero-order valence-corrected chi connectivity index (χ0v) is 9.40. The molecule has 1 rings (SSSR count). The van der Waals surface area contributed by atoms with Gasteiger partial charge in [0.25, 0.3) is 0 Å². The maximum Gasteiger partial charge on any atom is 0.199 e. The summed E-state index contributed by atoms with van der Waals surface area (Å²) in [4.78, 5) is 0. The summed E-state index contributed by atoms with van der Waals surface area (Å²) in [6, 6.07) is 7.81. The number of methoxy groups -OCH3 is 1. The highest BCUT2D eigenvalue weighted by Crippen LogP contribution is 2.21. The van der Waals surface area contributed by atoms with E-state index in [2.05, 4.69) is 13.5 Å². The molecule has 1 aromatic rings. The predicted octanol–water partition coefficient (Wildman–Crippen LogP) is 3.48. The SMILES string of the molecule is C=Cc1ccccc1OC(CCC)OC. The number of hydrogen-bond donors (Lipinski definition) is 0. The Morgan fingerprint density at radius 3 is 2.73 bits per heavy atom. The predicted molar refractivity (Wildman–Crippen MR) is 62.9 cm³/mol. The van der Waals surface area contributed by atoms with Crippen LogP contribution in [0.25, 0.3) is 6.08 Å². The molecule has 0 saturated carbocycles. The fraction of sp³-hybridized carbons (Fsp3) is 0.385.